The first kappa shape index (κ1) is 19.1. The third-order valence-corrected chi connectivity index (χ3v) is 5.32. The third kappa shape index (κ3) is 4.42. The number of hydrogen-bond acceptors (Lipinski definition) is 4. The highest BCUT2D eigenvalue weighted by Gasteiger charge is 2.17. The molecule has 5 nitrogen and oxygen atoms in total. The normalized spacial score (nSPS) is 14.6. The van der Waals surface area contributed by atoms with E-state index in [1.807, 2.05) is 24.3 Å². The van der Waals surface area contributed by atoms with Crippen molar-refractivity contribution in [2.45, 2.75) is 19.8 Å². The SMILES string of the molecule is CC1CCN(c2ccc(-c3ccc(NC(=O)c4ccccc4F)cc3)nn2)CC1. The summed E-state index contributed by atoms with van der Waals surface area (Å²) in [5.41, 5.74) is 2.28. The number of nitrogens with one attached hydrogen (secondary N) is 1. The summed E-state index contributed by atoms with van der Waals surface area (Å²) in [5, 5.41) is 11.5. The predicted molar refractivity (Wildman–Crippen MR) is 112 cm³/mol. The van der Waals surface area contributed by atoms with Gasteiger partial charge < -0.3 is 10.2 Å². The van der Waals surface area contributed by atoms with Gasteiger partial charge in [0.2, 0.25) is 0 Å². The van der Waals surface area contributed by atoms with Crippen LogP contribution in [0.3, 0.4) is 0 Å². The summed E-state index contributed by atoms with van der Waals surface area (Å²) in [7, 11) is 0. The number of amides is 1. The first-order valence-electron chi connectivity index (χ1n) is 9.85. The van der Waals surface area contributed by atoms with E-state index >= 15 is 0 Å². The van der Waals surface area contributed by atoms with E-state index < -0.39 is 11.7 Å². The van der Waals surface area contributed by atoms with Crippen molar-refractivity contribution in [3.05, 3.63) is 72.0 Å². The third-order valence-electron chi connectivity index (χ3n) is 5.32. The molecule has 0 spiro atoms. The van der Waals surface area contributed by atoms with Crippen molar-refractivity contribution in [1.82, 2.24) is 10.2 Å². The van der Waals surface area contributed by atoms with E-state index in [1.165, 1.54) is 25.0 Å². The minimum Gasteiger partial charge on any atom is -0.355 e. The standard InChI is InChI=1S/C23H23FN4O/c1-16-12-14-28(15-13-16)22-11-10-21(26-27-22)17-6-8-18(9-7-17)25-23(29)19-4-2-3-5-20(19)24/h2-11,16H,12-15H2,1H3,(H,25,29). The number of benzene rings is 2. The van der Waals surface area contributed by atoms with Crippen LogP contribution in [0, 0.1) is 11.7 Å². The zero-order valence-corrected chi connectivity index (χ0v) is 16.3. The van der Waals surface area contributed by atoms with E-state index in [-0.39, 0.29) is 5.56 Å². The molecule has 1 aromatic heterocycles. The second kappa shape index (κ2) is 8.39. The van der Waals surface area contributed by atoms with E-state index in [2.05, 4.69) is 27.3 Å². The van der Waals surface area contributed by atoms with Gasteiger partial charge in [-0.3, -0.25) is 4.79 Å². The Balaban J connectivity index is 1.42. The predicted octanol–water partition coefficient (Wildman–Crippen LogP) is 4.77. The van der Waals surface area contributed by atoms with Gasteiger partial charge in [0, 0.05) is 24.3 Å². The molecule has 0 saturated carbocycles. The van der Waals surface area contributed by atoms with Gasteiger partial charge in [0.1, 0.15) is 5.82 Å². The molecule has 2 aromatic carbocycles. The van der Waals surface area contributed by atoms with Gasteiger partial charge in [0.15, 0.2) is 5.82 Å². The van der Waals surface area contributed by atoms with Crippen molar-refractivity contribution >= 4 is 17.4 Å². The summed E-state index contributed by atoms with van der Waals surface area (Å²) in [6, 6.07) is 17.2. The molecule has 0 aliphatic carbocycles. The molecule has 148 valence electrons. The fourth-order valence-corrected chi connectivity index (χ4v) is 3.45. The summed E-state index contributed by atoms with van der Waals surface area (Å²) in [4.78, 5) is 14.5. The van der Waals surface area contributed by atoms with E-state index in [4.69, 9.17) is 0 Å². The maximum absolute atomic E-state index is 13.7. The van der Waals surface area contributed by atoms with Crippen LogP contribution in [0.2, 0.25) is 0 Å². The largest absolute Gasteiger partial charge is 0.355 e. The van der Waals surface area contributed by atoms with Crippen LogP contribution in [0.15, 0.2) is 60.7 Å². The molecule has 0 bridgehead atoms. The Labute approximate surface area is 169 Å². The number of nitrogens with zero attached hydrogens (tertiary/aromatic N) is 3. The zero-order chi connectivity index (χ0) is 20.2. The molecule has 4 rings (SSSR count). The van der Waals surface area contributed by atoms with Crippen molar-refractivity contribution in [2.75, 3.05) is 23.3 Å². The van der Waals surface area contributed by atoms with Crippen LogP contribution in [0.5, 0.6) is 0 Å². The van der Waals surface area contributed by atoms with E-state index in [0.29, 0.717) is 5.69 Å². The molecule has 3 aromatic rings. The number of rotatable bonds is 4. The summed E-state index contributed by atoms with van der Waals surface area (Å²) >= 11 is 0. The number of halogens is 1. The molecule has 2 heterocycles. The van der Waals surface area contributed by atoms with Crippen LogP contribution in [-0.4, -0.2) is 29.2 Å². The van der Waals surface area contributed by atoms with Crippen LogP contribution in [0.25, 0.3) is 11.3 Å². The maximum atomic E-state index is 13.7. The Bertz CT molecular complexity index is 981. The maximum Gasteiger partial charge on any atom is 0.258 e. The molecule has 1 aliphatic rings. The minimum atomic E-state index is -0.542. The first-order valence-corrected chi connectivity index (χ1v) is 9.85. The average Bonchev–Trinajstić information content (AvgIpc) is 2.75. The molecule has 1 amide bonds. The highest BCUT2D eigenvalue weighted by atomic mass is 19.1. The number of hydrogen-bond donors (Lipinski definition) is 1. The smallest absolute Gasteiger partial charge is 0.258 e. The summed E-state index contributed by atoms with van der Waals surface area (Å²) in [5.74, 6) is 0.668. The van der Waals surface area contributed by atoms with Gasteiger partial charge in [0.05, 0.1) is 11.3 Å². The van der Waals surface area contributed by atoms with E-state index in [9.17, 15) is 9.18 Å². The van der Waals surface area contributed by atoms with Crippen molar-refractivity contribution in [1.29, 1.82) is 0 Å². The lowest BCUT2D eigenvalue weighted by atomic mass is 9.99. The number of aromatic nitrogens is 2. The molecule has 6 heteroatoms. The lowest BCUT2D eigenvalue weighted by Crippen LogP contribution is -2.33. The first-order chi connectivity index (χ1) is 14.1. The molecule has 0 radical (unpaired) electrons. The Morgan fingerprint density at radius 1 is 1.00 bits per heavy atom. The van der Waals surface area contributed by atoms with E-state index in [0.717, 1.165) is 36.1 Å². The average molecular weight is 390 g/mol. The molecule has 1 fully saturated rings. The zero-order valence-electron chi connectivity index (χ0n) is 16.3. The molecule has 1 saturated heterocycles. The van der Waals surface area contributed by atoms with Gasteiger partial charge in [-0.05, 0) is 55.2 Å². The van der Waals surface area contributed by atoms with Gasteiger partial charge in [-0.15, -0.1) is 10.2 Å². The molecular formula is C23H23FN4O. The Kier molecular flexibility index (Phi) is 5.51. The second-order valence-corrected chi connectivity index (χ2v) is 7.46. The van der Waals surface area contributed by atoms with Crippen LogP contribution >= 0.6 is 0 Å². The van der Waals surface area contributed by atoms with Crippen LogP contribution in [0.4, 0.5) is 15.9 Å². The van der Waals surface area contributed by atoms with Crippen molar-refractivity contribution in [3.63, 3.8) is 0 Å². The van der Waals surface area contributed by atoms with Gasteiger partial charge >= 0.3 is 0 Å². The number of carbonyl (C=O) groups excluding carboxylic acids is 1. The Hall–Kier alpha value is -3.28. The van der Waals surface area contributed by atoms with Gasteiger partial charge in [-0.1, -0.05) is 31.2 Å². The van der Waals surface area contributed by atoms with Crippen molar-refractivity contribution in [2.24, 2.45) is 5.92 Å². The molecule has 29 heavy (non-hydrogen) atoms. The fraction of sp³-hybridized carbons (Fsp3) is 0.261. The topological polar surface area (TPSA) is 58.1 Å². The highest BCUT2D eigenvalue weighted by Crippen LogP contribution is 2.24. The van der Waals surface area contributed by atoms with Crippen LogP contribution in [-0.2, 0) is 0 Å². The monoisotopic (exact) mass is 390 g/mol. The van der Waals surface area contributed by atoms with Crippen molar-refractivity contribution < 1.29 is 9.18 Å². The molecule has 0 unspecified atom stereocenters. The van der Waals surface area contributed by atoms with Gasteiger partial charge in [-0.2, -0.15) is 0 Å². The van der Waals surface area contributed by atoms with E-state index in [1.54, 1.807) is 24.3 Å². The van der Waals surface area contributed by atoms with Crippen LogP contribution in [0.1, 0.15) is 30.1 Å². The lowest BCUT2D eigenvalue weighted by molar-refractivity contribution is 0.102. The molecule has 1 N–H and O–H groups in total. The summed E-state index contributed by atoms with van der Waals surface area (Å²) in [6.07, 6.45) is 2.37. The number of anilines is 2. The van der Waals surface area contributed by atoms with Crippen LogP contribution < -0.4 is 10.2 Å². The summed E-state index contributed by atoms with van der Waals surface area (Å²) in [6.45, 7) is 4.33. The van der Waals surface area contributed by atoms with Gasteiger partial charge in [-0.25, -0.2) is 4.39 Å². The Morgan fingerprint density at radius 3 is 2.38 bits per heavy atom. The molecule has 0 atom stereocenters. The quantitative estimate of drug-likeness (QED) is 0.697. The highest BCUT2D eigenvalue weighted by molar-refractivity contribution is 6.04. The molecular weight excluding hydrogens is 367 g/mol. The lowest BCUT2D eigenvalue weighted by Gasteiger charge is -2.30. The van der Waals surface area contributed by atoms with Gasteiger partial charge in [0.25, 0.3) is 5.91 Å². The number of carbonyl (C=O) groups is 1. The fourth-order valence-electron chi connectivity index (χ4n) is 3.45. The van der Waals surface area contributed by atoms with Crippen molar-refractivity contribution in [3.8, 4) is 11.3 Å². The molecule has 1 aliphatic heterocycles. The second-order valence-electron chi connectivity index (χ2n) is 7.46. The Morgan fingerprint density at radius 2 is 1.72 bits per heavy atom. The minimum absolute atomic E-state index is 0.0186. The number of piperidine rings is 1. The summed E-state index contributed by atoms with van der Waals surface area (Å²) < 4.78 is 13.7.